The third-order valence-electron chi connectivity index (χ3n) is 4.38. The average molecular weight is 315 g/mol. The first-order valence-corrected chi connectivity index (χ1v) is 8.14. The first-order valence-electron chi connectivity index (χ1n) is 8.14. The van der Waals surface area contributed by atoms with Crippen LogP contribution in [0, 0.1) is 5.92 Å². The van der Waals surface area contributed by atoms with Gasteiger partial charge in [0.05, 0.1) is 11.9 Å². The number of nitrogen functional groups attached to an aromatic ring is 1. The lowest BCUT2D eigenvalue weighted by Gasteiger charge is -2.21. The molecule has 7 nitrogen and oxygen atoms in total. The Kier molecular flexibility index (Phi) is 4.76. The molecular weight excluding hydrogens is 290 g/mol. The van der Waals surface area contributed by atoms with E-state index in [0.29, 0.717) is 11.7 Å². The summed E-state index contributed by atoms with van der Waals surface area (Å²) in [5.74, 6) is 1.07. The van der Waals surface area contributed by atoms with Crippen molar-refractivity contribution in [1.29, 1.82) is 0 Å². The number of piperidine rings is 1. The van der Waals surface area contributed by atoms with Gasteiger partial charge in [-0.1, -0.05) is 0 Å². The summed E-state index contributed by atoms with van der Waals surface area (Å²) in [6, 6.07) is 0. The topological polar surface area (TPSA) is 83.8 Å². The van der Waals surface area contributed by atoms with E-state index in [1.165, 1.54) is 12.8 Å². The predicted octanol–water partition coefficient (Wildman–Crippen LogP) is 0.565. The van der Waals surface area contributed by atoms with Crippen molar-refractivity contribution in [2.24, 2.45) is 23.1 Å². The standard InChI is InChI=1S/C16H25N7/c1-22-11-13(5-7-21-22)14-10-19-15(17)16(23(14)2)20-9-12-4-3-6-18-8-12/h7,10-12,18H,3-6,8-9H2,1-2H3,(H2,17,19). The van der Waals surface area contributed by atoms with Gasteiger partial charge in [0.2, 0.25) is 0 Å². The van der Waals surface area contributed by atoms with Gasteiger partial charge in [-0.3, -0.25) is 10.0 Å². The maximum Gasteiger partial charge on any atom is 0.171 e. The first kappa shape index (κ1) is 15.7. The largest absolute Gasteiger partial charge is 0.381 e. The molecule has 2 aliphatic rings. The van der Waals surface area contributed by atoms with Crippen LogP contribution in [0.3, 0.4) is 0 Å². The van der Waals surface area contributed by atoms with Crippen LogP contribution in [-0.4, -0.2) is 47.5 Å². The minimum absolute atomic E-state index is 0.485. The predicted molar refractivity (Wildman–Crippen MR) is 92.5 cm³/mol. The summed E-state index contributed by atoms with van der Waals surface area (Å²) in [6.07, 6.45) is 8.96. The number of aromatic nitrogens is 2. The molecule has 0 bridgehead atoms. The molecule has 3 N–H and O–H groups in total. The van der Waals surface area contributed by atoms with Crippen LogP contribution in [0.5, 0.6) is 0 Å². The number of hydrogen-bond acceptors (Lipinski definition) is 6. The molecule has 1 atom stereocenters. The molecule has 2 aliphatic heterocycles. The molecule has 23 heavy (non-hydrogen) atoms. The second kappa shape index (κ2) is 6.95. The maximum atomic E-state index is 6.07. The van der Waals surface area contributed by atoms with E-state index in [4.69, 9.17) is 10.7 Å². The second-order valence-corrected chi connectivity index (χ2v) is 6.19. The fourth-order valence-corrected chi connectivity index (χ4v) is 3.09. The summed E-state index contributed by atoms with van der Waals surface area (Å²) in [5, 5.41) is 9.45. The molecule has 0 aromatic carbocycles. The van der Waals surface area contributed by atoms with E-state index in [1.54, 1.807) is 5.01 Å². The van der Waals surface area contributed by atoms with E-state index in [0.717, 1.165) is 42.8 Å². The fourth-order valence-electron chi connectivity index (χ4n) is 3.09. The van der Waals surface area contributed by atoms with E-state index < -0.39 is 0 Å². The first-order chi connectivity index (χ1) is 11.1. The molecule has 0 amide bonds. The normalized spacial score (nSPS) is 22.3. The van der Waals surface area contributed by atoms with Crippen molar-refractivity contribution in [3.8, 4) is 0 Å². The van der Waals surface area contributed by atoms with Crippen LogP contribution in [0.25, 0.3) is 5.57 Å². The van der Waals surface area contributed by atoms with Crippen molar-refractivity contribution >= 4 is 17.6 Å². The van der Waals surface area contributed by atoms with Gasteiger partial charge in [0.15, 0.2) is 11.3 Å². The zero-order valence-electron chi connectivity index (χ0n) is 13.9. The number of nitrogens with two attached hydrogens (primary N) is 1. The number of hydrogen-bond donors (Lipinski definition) is 2. The number of hydrazone groups is 1. The molecule has 0 radical (unpaired) electrons. The van der Waals surface area contributed by atoms with Crippen LogP contribution in [0.4, 0.5) is 5.82 Å². The highest BCUT2D eigenvalue weighted by Crippen LogP contribution is 2.19. The average Bonchev–Trinajstić information content (AvgIpc) is 2.55. The van der Waals surface area contributed by atoms with Gasteiger partial charge >= 0.3 is 0 Å². The van der Waals surface area contributed by atoms with Crippen molar-refractivity contribution in [3.63, 3.8) is 0 Å². The lowest BCUT2D eigenvalue weighted by Crippen LogP contribution is -2.33. The number of nitrogens with zero attached hydrogens (tertiary/aromatic N) is 5. The molecule has 1 aromatic rings. The van der Waals surface area contributed by atoms with E-state index >= 15 is 0 Å². The highest BCUT2D eigenvalue weighted by molar-refractivity contribution is 5.79. The lowest BCUT2D eigenvalue weighted by atomic mass is 10.0. The monoisotopic (exact) mass is 315 g/mol. The Morgan fingerprint density at radius 1 is 1.43 bits per heavy atom. The van der Waals surface area contributed by atoms with Crippen molar-refractivity contribution in [2.75, 3.05) is 32.4 Å². The molecule has 0 spiro atoms. The molecule has 0 aliphatic carbocycles. The molecule has 3 rings (SSSR count). The van der Waals surface area contributed by atoms with Crippen molar-refractivity contribution in [1.82, 2.24) is 19.9 Å². The van der Waals surface area contributed by atoms with Gasteiger partial charge in [0, 0.05) is 45.0 Å². The zero-order chi connectivity index (χ0) is 16.2. The molecule has 124 valence electrons. The summed E-state index contributed by atoms with van der Waals surface area (Å²) in [5.41, 5.74) is 9.01. The van der Waals surface area contributed by atoms with Gasteiger partial charge in [0.1, 0.15) is 0 Å². The fraction of sp³-hybridized carbons (Fsp3) is 0.562. The second-order valence-electron chi connectivity index (χ2n) is 6.19. The van der Waals surface area contributed by atoms with Crippen LogP contribution in [0.15, 0.2) is 22.5 Å². The SMILES string of the molecule is CN1C=C(c2cnc(N)c(=NCC3CCCNC3)n2C)CC=N1. The molecular formula is C16H25N7. The van der Waals surface area contributed by atoms with Gasteiger partial charge in [-0.15, -0.1) is 0 Å². The molecule has 7 heteroatoms. The highest BCUT2D eigenvalue weighted by Gasteiger charge is 2.14. The lowest BCUT2D eigenvalue weighted by molar-refractivity contribution is 0.383. The number of anilines is 1. The third-order valence-corrected chi connectivity index (χ3v) is 4.38. The van der Waals surface area contributed by atoms with Crippen molar-refractivity contribution in [3.05, 3.63) is 23.6 Å². The Morgan fingerprint density at radius 3 is 3.04 bits per heavy atom. The van der Waals surface area contributed by atoms with Crippen LogP contribution < -0.4 is 16.5 Å². The van der Waals surface area contributed by atoms with E-state index in [9.17, 15) is 0 Å². The molecule has 1 aromatic heterocycles. The Balaban J connectivity index is 1.89. The van der Waals surface area contributed by atoms with Crippen molar-refractivity contribution in [2.45, 2.75) is 19.3 Å². The van der Waals surface area contributed by atoms with Crippen molar-refractivity contribution < 1.29 is 0 Å². The van der Waals surface area contributed by atoms with Crippen LogP contribution in [0.2, 0.25) is 0 Å². The molecule has 0 saturated carbocycles. The number of nitrogens with one attached hydrogen (secondary N) is 1. The summed E-state index contributed by atoms with van der Waals surface area (Å²) < 4.78 is 2.04. The third kappa shape index (κ3) is 3.61. The Morgan fingerprint density at radius 2 is 2.30 bits per heavy atom. The minimum atomic E-state index is 0.485. The van der Waals surface area contributed by atoms with Gasteiger partial charge in [-0.05, 0) is 31.8 Å². The molecule has 1 unspecified atom stereocenters. The molecule has 1 fully saturated rings. The summed E-state index contributed by atoms with van der Waals surface area (Å²) >= 11 is 0. The van der Waals surface area contributed by atoms with Crippen LogP contribution in [-0.2, 0) is 7.05 Å². The van der Waals surface area contributed by atoms with Gasteiger partial charge < -0.3 is 15.6 Å². The zero-order valence-corrected chi connectivity index (χ0v) is 13.9. The maximum absolute atomic E-state index is 6.07. The van der Waals surface area contributed by atoms with E-state index in [2.05, 4.69) is 15.4 Å². The Hall–Kier alpha value is -2.15. The molecule has 1 saturated heterocycles. The van der Waals surface area contributed by atoms with Gasteiger partial charge in [0.25, 0.3) is 0 Å². The minimum Gasteiger partial charge on any atom is -0.381 e. The van der Waals surface area contributed by atoms with E-state index in [-0.39, 0.29) is 0 Å². The highest BCUT2D eigenvalue weighted by atomic mass is 15.4. The summed E-state index contributed by atoms with van der Waals surface area (Å²) in [4.78, 5) is 9.11. The molecule has 3 heterocycles. The van der Waals surface area contributed by atoms with Gasteiger partial charge in [-0.2, -0.15) is 5.10 Å². The smallest absolute Gasteiger partial charge is 0.171 e. The van der Waals surface area contributed by atoms with E-state index in [1.807, 2.05) is 37.3 Å². The van der Waals surface area contributed by atoms with Crippen LogP contribution >= 0.6 is 0 Å². The Bertz CT molecular complexity index is 680. The van der Waals surface area contributed by atoms with Crippen LogP contribution in [0.1, 0.15) is 25.0 Å². The summed E-state index contributed by atoms with van der Waals surface area (Å²) in [6.45, 7) is 2.94. The quantitative estimate of drug-likeness (QED) is 0.854. The van der Waals surface area contributed by atoms with Gasteiger partial charge in [-0.25, -0.2) is 4.98 Å². The summed E-state index contributed by atoms with van der Waals surface area (Å²) in [7, 11) is 3.92. The Labute approximate surface area is 136 Å². The number of rotatable bonds is 3. The number of allylic oxidation sites excluding steroid dienone is 1.